The highest BCUT2D eigenvalue weighted by Gasteiger charge is 2.32. The Bertz CT molecular complexity index is 1380. The predicted octanol–water partition coefficient (Wildman–Crippen LogP) is 4.21. The molecule has 3 aromatic rings. The molecule has 0 saturated carbocycles. The number of nitro groups is 1. The molecule has 1 aliphatic carbocycles. The summed E-state index contributed by atoms with van der Waals surface area (Å²) in [7, 11) is -3.89. The van der Waals surface area contributed by atoms with Gasteiger partial charge in [-0.25, -0.2) is 18.4 Å². The molecular formula is C22H24ClN5O4S2. The van der Waals surface area contributed by atoms with Gasteiger partial charge in [-0.2, -0.15) is 4.31 Å². The lowest BCUT2D eigenvalue weighted by Gasteiger charge is -2.35. The first-order valence-electron chi connectivity index (χ1n) is 11.3. The van der Waals surface area contributed by atoms with E-state index < -0.39 is 20.6 Å². The molecule has 2 aromatic heterocycles. The summed E-state index contributed by atoms with van der Waals surface area (Å²) in [6.45, 7) is 3.52. The van der Waals surface area contributed by atoms with Crippen LogP contribution in [0.1, 0.15) is 36.0 Å². The standard InChI is InChI=1S/C22H24ClN5O4S2/c1-2-19-24-21(20-15-5-3-4-6-18(15)33-22(20)25-19)26-9-11-27(12-10-26)34(31,32)14-7-8-16(23)17(13-14)28(29)30/h7-8,13H,2-6,9-12H2,1H3. The molecule has 0 atom stereocenters. The highest BCUT2D eigenvalue weighted by Crippen LogP contribution is 2.40. The Hall–Kier alpha value is -2.34. The fourth-order valence-electron chi connectivity index (χ4n) is 4.65. The fraction of sp³-hybridized carbons (Fsp3) is 0.455. The second-order valence-corrected chi connectivity index (χ2v) is 11.9. The van der Waals surface area contributed by atoms with E-state index in [1.54, 1.807) is 11.3 Å². The second-order valence-electron chi connectivity index (χ2n) is 8.47. The number of aryl methyl sites for hydroxylation is 3. The number of aromatic nitrogens is 2. The number of nitro benzene ring substituents is 1. The lowest BCUT2D eigenvalue weighted by molar-refractivity contribution is -0.384. The molecule has 0 spiro atoms. The normalized spacial score (nSPS) is 17.2. The third-order valence-corrected chi connectivity index (χ3v) is 9.85. The summed E-state index contributed by atoms with van der Waals surface area (Å²) in [4.78, 5) is 24.7. The van der Waals surface area contributed by atoms with E-state index in [2.05, 4.69) is 4.90 Å². The van der Waals surface area contributed by atoms with E-state index in [1.165, 1.54) is 33.3 Å². The molecule has 0 radical (unpaired) electrons. The van der Waals surface area contributed by atoms with Gasteiger partial charge in [0.15, 0.2) is 0 Å². The number of sulfonamides is 1. The number of hydrogen-bond acceptors (Lipinski definition) is 8. The maximum absolute atomic E-state index is 13.2. The van der Waals surface area contributed by atoms with Crippen molar-refractivity contribution in [1.82, 2.24) is 14.3 Å². The van der Waals surface area contributed by atoms with E-state index in [0.717, 1.165) is 53.6 Å². The Morgan fingerprint density at radius 1 is 1.15 bits per heavy atom. The van der Waals surface area contributed by atoms with Crippen LogP contribution in [-0.2, 0) is 29.3 Å². The average Bonchev–Trinajstić information content (AvgIpc) is 3.22. The van der Waals surface area contributed by atoms with Crippen LogP contribution in [0.3, 0.4) is 0 Å². The fourth-order valence-corrected chi connectivity index (χ4v) is 7.55. The van der Waals surface area contributed by atoms with Crippen molar-refractivity contribution in [3.05, 3.63) is 49.6 Å². The number of hydrogen-bond donors (Lipinski definition) is 0. The van der Waals surface area contributed by atoms with Gasteiger partial charge in [0.25, 0.3) is 5.69 Å². The highest BCUT2D eigenvalue weighted by atomic mass is 35.5. The number of halogens is 1. The van der Waals surface area contributed by atoms with Crippen molar-refractivity contribution in [3.8, 4) is 0 Å². The molecule has 1 aromatic carbocycles. The van der Waals surface area contributed by atoms with Crippen molar-refractivity contribution in [3.63, 3.8) is 0 Å². The topological polar surface area (TPSA) is 110 Å². The summed E-state index contributed by atoms with van der Waals surface area (Å²) >= 11 is 7.62. The summed E-state index contributed by atoms with van der Waals surface area (Å²) in [5.41, 5.74) is 0.937. The monoisotopic (exact) mass is 521 g/mol. The summed E-state index contributed by atoms with van der Waals surface area (Å²) in [5.74, 6) is 1.70. The van der Waals surface area contributed by atoms with Gasteiger partial charge in [0.1, 0.15) is 21.5 Å². The number of benzene rings is 1. The molecule has 1 saturated heterocycles. The minimum Gasteiger partial charge on any atom is -0.353 e. The maximum atomic E-state index is 13.2. The molecular weight excluding hydrogens is 498 g/mol. The molecule has 0 unspecified atom stereocenters. The molecule has 1 aliphatic heterocycles. The van der Waals surface area contributed by atoms with Crippen LogP contribution in [0.4, 0.5) is 11.5 Å². The number of anilines is 1. The van der Waals surface area contributed by atoms with Gasteiger partial charge in [-0.05, 0) is 43.4 Å². The summed E-state index contributed by atoms with van der Waals surface area (Å²) < 4.78 is 27.8. The predicted molar refractivity (Wildman–Crippen MR) is 133 cm³/mol. The van der Waals surface area contributed by atoms with Crippen molar-refractivity contribution >= 4 is 54.7 Å². The molecule has 2 aliphatic rings. The minimum absolute atomic E-state index is 0.0904. The first kappa shape index (κ1) is 23.4. The van der Waals surface area contributed by atoms with Gasteiger partial charge in [-0.3, -0.25) is 10.1 Å². The van der Waals surface area contributed by atoms with E-state index in [9.17, 15) is 18.5 Å². The van der Waals surface area contributed by atoms with Crippen molar-refractivity contribution in [2.24, 2.45) is 0 Å². The first-order chi connectivity index (χ1) is 16.3. The van der Waals surface area contributed by atoms with Crippen molar-refractivity contribution in [2.75, 3.05) is 31.1 Å². The van der Waals surface area contributed by atoms with Gasteiger partial charge in [-0.15, -0.1) is 11.3 Å². The van der Waals surface area contributed by atoms with Crippen LogP contribution in [0.5, 0.6) is 0 Å². The number of rotatable bonds is 5. The van der Waals surface area contributed by atoms with Crippen LogP contribution in [0, 0.1) is 10.1 Å². The van der Waals surface area contributed by atoms with Gasteiger partial charge in [0.2, 0.25) is 10.0 Å². The van der Waals surface area contributed by atoms with Gasteiger partial charge < -0.3 is 4.90 Å². The van der Waals surface area contributed by atoms with E-state index in [-0.39, 0.29) is 23.0 Å². The maximum Gasteiger partial charge on any atom is 0.289 e. The lowest BCUT2D eigenvalue weighted by Crippen LogP contribution is -2.49. The molecule has 5 rings (SSSR count). The highest BCUT2D eigenvalue weighted by molar-refractivity contribution is 7.89. The van der Waals surface area contributed by atoms with Crippen LogP contribution in [0.2, 0.25) is 5.02 Å². The quantitative estimate of drug-likeness (QED) is 0.365. The van der Waals surface area contributed by atoms with Crippen LogP contribution < -0.4 is 4.90 Å². The molecule has 12 heteroatoms. The summed E-state index contributed by atoms with van der Waals surface area (Å²) in [6, 6.07) is 3.60. The van der Waals surface area contributed by atoms with E-state index in [4.69, 9.17) is 21.6 Å². The average molecular weight is 522 g/mol. The Labute approximate surface area is 206 Å². The van der Waals surface area contributed by atoms with Crippen LogP contribution in [0.25, 0.3) is 10.2 Å². The number of nitrogens with zero attached hydrogens (tertiary/aromatic N) is 5. The molecule has 3 heterocycles. The molecule has 1 fully saturated rings. The van der Waals surface area contributed by atoms with Gasteiger partial charge in [-0.1, -0.05) is 18.5 Å². The molecule has 0 N–H and O–H groups in total. The SMILES string of the molecule is CCc1nc(N2CCN(S(=O)(=O)c3ccc(Cl)c([N+](=O)[O-])c3)CC2)c2c3c(sc2n1)CCCC3. The van der Waals surface area contributed by atoms with Crippen LogP contribution in [0.15, 0.2) is 23.1 Å². The number of fused-ring (bicyclic) bond motifs is 3. The zero-order chi connectivity index (χ0) is 24.0. The van der Waals surface area contributed by atoms with E-state index in [0.29, 0.717) is 13.1 Å². The van der Waals surface area contributed by atoms with E-state index in [1.807, 2.05) is 6.92 Å². The zero-order valence-corrected chi connectivity index (χ0v) is 21.0. The Morgan fingerprint density at radius 2 is 1.88 bits per heavy atom. The molecule has 9 nitrogen and oxygen atoms in total. The molecule has 0 bridgehead atoms. The zero-order valence-electron chi connectivity index (χ0n) is 18.7. The smallest absolute Gasteiger partial charge is 0.289 e. The van der Waals surface area contributed by atoms with Gasteiger partial charge >= 0.3 is 0 Å². The largest absolute Gasteiger partial charge is 0.353 e. The van der Waals surface area contributed by atoms with Crippen molar-refractivity contribution in [2.45, 2.75) is 43.9 Å². The second kappa shape index (κ2) is 9.03. The Kier molecular flexibility index (Phi) is 6.21. The number of thiophene rings is 1. The van der Waals surface area contributed by atoms with Crippen molar-refractivity contribution < 1.29 is 13.3 Å². The molecule has 180 valence electrons. The van der Waals surface area contributed by atoms with Crippen LogP contribution >= 0.6 is 22.9 Å². The van der Waals surface area contributed by atoms with E-state index >= 15 is 0 Å². The van der Waals surface area contributed by atoms with Crippen molar-refractivity contribution in [1.29, 1.82) is 0 Å². The lowest BCUT2D eigenvalue weighted by atomic mass is 9.97. The first-order valence-corrected chi connectivity index (χ1v) is 13.9. The van der Waals surface area contributed by atoms with Gasteiger partial charge in [0, 0.05) is 43.5 Å². The van der Waals surface area contributed by atoms with Gasteiger partial charge in [0.05, 0.1) is 15.2 Å². The minimum atomic E-state index is -3.89. The number of piperazine rings is 1. The summed E-state index contributed by atoms with van der Waals surface area (Å²) in [6.07, 6.45) is 5.20. The third-order valence-electron chi connectivity index (χ3n) is 6.45. The Balaban J connectivity index is 1.43. The Morgan fingerprint density at radius 3 is 2.59 bits per heavy atom. The molecule has 0 amide bonds. The summed E-state index contributed by atoms with van der Waals surface area (Å²) in [5, 5.41) is 12.2. The van der Waals surface area contributed by atoms with Crippen LogP contribution in [-0.4, -0.2) is 53.8 Å². The third kappa shape index (κ3) is 4.04. The molecule has 34 heavy (non-hydrogen) atoms.